The van der Waals surface area contributed by atoms with Gasteiger partial charge in [0.25, 0.3) is 0 Å². The number of pyridine rings is 2. The molecule has 3 heterocycles. The molecule has 0 aliphatic rings. The third kappa shape index (κ3) is 3.88. The number of nitrogens with one attached hydrogen (secondary N) is 2. The van der Waals surface area contributed by atoms with Gasteiger partial charge in [-0.2, -0.15) is 0 Å². The number of anilines is 1. The molecular weight excluding hydrogens is 296 g/mol. The van der Waals surface area contributed by atoms with Crippen molar-refractivity contribution in [3.8, 4) is 11.5 Å². The Morgan fingerprint density at radius 1 is 1.17 bits per heavy atom. The van der Waals surface area contributed by atoms with E-state index in [9.17, 15) is 4.79 Å². The van der Waals surface area contributed by atoms with Gasteiger partial charge in [-0.15, -0.1) is 10.2 Å². The molecule has 23 heavy (non-hydrogen) atoms. The van der Waals surface area contributed by atoms with Crippen molar-refractivity contribution in [2.45, 2.75) is 13.5 Å². The Kier molecular flexibility index (Phi) is 4.23. The van der Waals surface area contributed by atoms with Gasteiger partial charge in [0, 0.05) is 24.9 Å². The molecule has 2 N–H and O–H groups in total. The molecule has 0 atom stereocenters. The fourth-order valence-electron chi connectivity index (χ4n) is 1.88. The first-order chi connectivity index (χ1) is 11.2. The van der Waals surface area contributed by atoms with Crippen molar-refractivity contribution in [3.63, 3.8) is 0 Å². The van der Waals surface area contributed by atoms with E-state index in [4.69, 9.17) is 4.42 Å². The van der Waals surface area contributed by atoms with Gasteiger partial charge in [-0.3, -0.25) is 10.3 Å². The number of aryl methyl sites for hydroxylation is 1. The Morgan fingerprint density at radius 3 is 2.83 bits per heavy atom. The molecule has 8 heteroatoms. The van der Waals surface area contributed by atoms with Crippen LogP contribution in [0.4, 0.5) is 10.6 Å². The summed E-state index contributed by atoms with van der Waals surface area (Å²) in [5.41, 5.74) is 1.45. The van der Waals surface area contributed by atoms with Crippen LogP contribution in [0.5, 0.6) is 0 Å². The van der Waals surface area contributed by atoms with Crippen molar-refractivity contribution in [1.29, 1.82) is 0 Å². The number of urea groups is 1. The highest BCUT2D eigenvalue weighted by Gasteiger charge is 2.09. The van der Waals surface area contributed by atoms with E-state index in [1.54, 1.807) is 31.5 Å². The standard InChI is InChI=1S/C15H14N6O2/c1-10-20-21-14(23-10)11-5-7-17-13(8-11)19-15(22)18-9-12-4-2-3-6-16-12/h2-8H,9H2,1H3,(H2,17,18,19,22). The predicted molar refractivity (Wildman–Crippen MR) is 82.4 cm³/mol. The summed E-state index contributed by atoms with van der Waals surface area (Å²) >= 11 is 0. The minimum absolute atomic E-state index is 0.329. The first kappa shape index (κ1) is 14.6. The van der Waals surface area contributed by atoms with Crippen molar-refractivity contribution < 1.29 is 9.21 Å². The summed E-state index contributed by atoms with van der Waals surface area (Å²) in [5, 5.41) is 13.1. The molecule has 0 fully saturated rings. The molecule has 0 saturated carbocycles. The van der Waals surface area contributed by atoms with Crippen LogP contribution in [0.25, 0.3) is 11.5 Å². The second kappa shape index (κ2) is 6.65. The topological polar surface area (TPSA) is 106 Å². The smallest absolute Gasteiger partial charge is 0.320 e. The predicted octanol–water partition coefficient (Wildman–Crippen LogP) is 2.16. The van der Waals surface area contributed by atoms with Crippen LogP contribution >= 0.6 is 0 Å². The lowest BCUT2D eigenvalue weighted by molar-refractivity contribution is 0.251. The summed E-state index contributed by atoms with van der Waals surface area (Å²) in [5.74, 6) is 1.23. The van der Waals surface area contributed by atoms with Gasteiger partial charge in [0.15, 0.2) is 0 Å². The van der Waals surface area contributed by atoms with Crippen LogP contribution in [0.1, 0.15) is 11.6 Å². The molecule has 0 aromatic carbocycles. The van der Waals surface area contributed by atoms with E-state index in [1.807, 2.05) is 18.2 Å². The van der Waals surface area contributed by atoms with E-state index in [0.717, 1.165) is 5.69 Å². The second-order valence-corrected chi connectivity index (χ2v) is 4.68. The average molecular weight is 310 g/mol. The number of hydrogen-bond acceptors (Lipinski definition) is 6. The first-order valence-corrected chi connectivity index (χ1v) is 6.92. The quantitative estimate of drug-likeness (QED) is 0.765. The normalized spacial score (nSPS) is 10.3. The lowest BCUT2D eigenvalue weighted by Gasteiger charge is -2.07. The minimum atomic E-state index is -0.373. The number of rotatable bonds is 4. The molecule has 3 aromatic heterocycles. The van der Waals surface area contributed by atoms with Crippen LogP contribution in [0, 0.1) is 6.92 Å². The van der Waals surface area contributed by atoms with E-state index in [1.165, 1.54) is 0 Å². The second-order valence-electron chi connectivity index (χ2n) is 4.68. The highest BCUT2D eigenvalue weighted by Crippen LogP contribution is 2.19. The molecular formula is C15H14N6O2. The summed E-state index contributed by atoms with van der Waals surface area (Å²) in [4.78, 5) is 20.1. The summed E-state index contributed by atoms with van der Waals surface area (Å²) in [6.45, 7) is 2.04. The van der Waals surface area contributed by atoms with E-state index in [2.05, 4.69) is 30.8 Å². The zero-order valence-electron chi connectivity index (χ0n) is 12.4. The average Bonchev–Trinajstić information content (AvgIpc) is 3.01. The van der Waals surface area contributed by atoms with Crippen molar-refractivity contribution >= 4 is 11.8 Å². The summed E-state index contributed by atoms with van der Waals surface area (Å²) in [6.07, 6.45) is 3.23. The first-order valence-electron chi connectivity index (χ1n) is 6.92. The van der Waals surface area contributed by atoms with Gasteiger partial charge < -0.3 is 9.73 Å². The van der Waals surface area contributed by atoms with E-state index in [-0.39, 0.29) is 6.03 Å². The molecule has 0 radical (unpaired) electrons. The van der Waals surface area contributed by atoms with Crippen LogP contribution in [-0.2, 0) is 6.54 Å². The molecule has 3 aromatic rings. The Morgan fingerprint density at radius 2 is 2.09 bits per heavy atom. The number of amides is 2. The fraction of sp³-hybridized carbons (Fsp3) is 0.133. The third-order valence-corrected chi connectivity index (χ3v) is 2.93. The Labute approximate surface area is 132 Å². The molecule has 116 valence electrons. The summed E-state index contributed by atoms with van der Waals surface area (Å²) in [7, 11) is 0. The van der Waals surface area contributed by atoms with Gasteiger partial charge in [0.1, 0.15) is 5.82 Å². The maximum atomic E-state index is 11.9. The van der Waals surface area contributed by atoms with Crippen LogP contribution in [-0.4, -0.2) is 26.2 Å². The van der Waals surface area contributed by atoms with Crippen LogP contribution in [0.2, 0.25) is 0 Å². The largest absolute Gasteiger partial charge is 0.421 e. The molecule has 0 spiro atoms. The minimum Gasteiger partial charge on any atom is -0.421 e. The molecule has 0 saturated heterocycles. The number of nitrogens with zero attached hydrogens (tertiary/aromatic N) is 4. The van der Waals surface area contributed by atoms with E-state index < -0.39 is 0 Å². The molecule has 0 aliphatic heterocycles. The number of aromatic nitrogens is 4. The van der Waals surface area contributed by atoms with Crippen LogP contribution < -0.4 is 10.6 Å². The molecule has 2 amide bonds. The Bertz CT molecular complexity index is 802. The lowest BCUT2D eigenvalue weighted by Crippen LogP contribution is -2.28. The van der Waals surface area contributed by atoms with Crippen molar-refractivity contribution in [2.75, 3.05) is 5.32 Å². The number of carbonyl (C=O) groups excluding carboxylic acids is 1. The molecule has 0 unspecified atom stereocenters. The molecule has 0 bridgehead atoms. The van der Waals surface area contributed by atoms with Crippen molar-refractivity contribution in [1.82, 2.24) is 25.5 Å². The van der Waals surface area contributed by atoms with Gasteiger partial charge in [0.2, 0.25) is 11.8 Å². The van der Waals surface area contributed by atoms with Gasteiger partial charge in [0.05, 0.1) is 12.2 Å². The molecule has 3 rings (SSSR count). The zero-order chi connectivity index (χ0) is 16.1. The van der Waals surface area contributed by atoms with Gasteiger partial charge in [-0.05, 0) is 24.3 Å². The van der Waals surface area contributed by atoms with Gasteiger partial charge in [-0.25, -0.2) is 9.78 Å². The highest BCUT2D eigenvalue weighted by molar-refractivity contribution is 5.88. The van der Waals surface area contributed by atoms with Gasteiger partial charge >= 0.3 is 6.03 Å². The van der Waals surface area contributed by atoms with Crippen molar-refractivity contribution in [2.24, 2.45) is 0 Å². The SMILES string of the molecule is Cc1nnc(-c2ccnc(NC(=O)NCc3ccccn3)c2)o1. The molecule has 0 aliphatic carbocycles. The number of hydrogen-bond donors (Lipinski definition) is 2. The van der Waals surface area contributed by atoms with Gasteiger partial charge in [-0.1, -0.05) is 6.07 Å². The van der Waals surface area contributed by atoms with Crippen LogP contribution in [0.3, 0.4) is 0 Å². The van der Waals surface area contributed by atoms with E-state index >= 15 is 0 Å². The van der Waals surface area contributed by atoms with E-state index in [0.29, 0.717) is 29.7 Å². The maximum absolute atomic E-state index is 11.9. The molecule has 8 nitrogen and oxygen atoms in total. The summed E-state index contributed by atoms with van der Waals surface area (Å²) < 4.78 is 5.35. The number of carbonyl (C=O) groups is 1. The Balaban J connectivity index is 1.62. The monoisotopic (exact) mass is 310 g/mol. The Hall–Kier alpha value is -3.29. The van der Waals surface area contributed by atoms with Crippen molar-refractivity contribution in [3.05, 3.63) is 54.3 Å². The highest BCUT2D eigenvalue weighted by atomic mass is 16.4. The lowest BCUT2D eigenvalue weighted by atomic mass is 10.2. The third-order valence-electron chi connectivity index (χ3n) is 2.93. The zero-order valence-corrected chi connectivity index (χ0v) is 12.4. The van der Waals surface area contributed by atoms with Crippen LogP contribution in [0.15, 0.2) is 47.1 Å². The maximum Gasteiger partial charge on any atom is 0.320 e. The fourth-order valence-corrected chi connectivity index (χ4v) is 1.88. The summed E-state index contributed by atoms with van der Waals surface area (Å²) in [6, 6.07) is 8.52.